The van der Waals surface area contributed by atoms with E-state index in [0.29, 0.717) is 0 Å². The second-order valence-corrected chi connectivity index (χ2v) is 7.10. The molecule has 144 valence electrons. The van der Waals surface area contributed by atoms with Crippen molar-refractivity contribution in [3.8, 4) is 11.6 Å². The van der Waals surface area contributed by atoms with Gasteiger partial charge >= 0.3 is 11.4 Å². The van der Waals surface area contributed by atoms with E-state index in [0.717, 1.165) is 28.6 Å². The Bertz CT molecular complexity index is 974. The molecule has 0 N–H and O–H groups in total. The fraction of sp³-hybridized carbons (Fsp3) is 0.267. The van der Waals surface area contributed by atoms with Gasteiger partial charge < -0.3 is 4.74 Å². The Balaban J connectivity index is 2.52. The van der Waals surface area contributed by atoms with Crippen molar-refractivity contribution >= 4 is 21.4 Å². The molecule has 0 aliphatic carbocycles. The number of sulfonamides is 1. The Hall–Kier alpha value is -3.12. The first-order valence-corrected chi connectivity index (χ1v) is 9.22. The molecule has 27 heavy (non-hydrogen) atoms. The lowest BCUT2D eigenvalue weighted by Gasteiger charge is -2.18. The third-order valence-electron chi connectivity index (χ3n) is 3.62. The van der Waals surface area contributed by atoms with Crippen molar-refractivity contribution in [2.45, 2.75) is 18.7 Å². The molecule has 0 radical (unpaired) electrons. The van der Waals surface area contributed by atoms with Gasteiger partial charge in [-0.15, -0.1) is 0 Å². The highest BCUT2D eigenvalue weighted by molar-refractivity contribution is 7.89. The summed E-state index contributed by atoms with van der Waals surface area (Å²) in [6, 6.07) is 5.53. The third kappa shape index (κ3) is 4.17. The smallest absolute Gasteiger partial charge is 0.331 e. The van der Waals surface area contributed by atoms with E-state index < -0.39 is 37.1 Å². The van der Waals surface area contributed by atoms with Crippen molar-refractivity contribution in [1.29, 1.82) is 0 Å². The Labute approximate surface area is 154 Å². The molecule has 2 aromatic rings. The molecule has 0 unspecified atom stereocenters. The fourth-order valence-electron chi connectivity index (χ4n) is 2.30. The Morgan fingerprint density at radius 1 is 1.07 bits per heavy atom. The topological polar surface area (TPSA) is 146 Å². The van der Waals surface area contributed by atoms with Crippen LogP contribution in [-0.4, -0.2) is 40.6 Å². The number of nitro groups is 2. The van der Waals surface area contributed by atoms with Crippen molar-refractivity contribution in [2.24, 2.45) is 0 Å². The lowest BCUT2D eigenvalue weighted by atomic mass is 10.3. The molecule has 0 amide bonds. The van der Waals surface area contributed by atoms with E-state index in [1.807, 2.05) is 0 Å². The van der Waals surface area contributed by atoms with Gasteiger partial charge in [-0.1, -0.05) is 13.8 Å². The van der Waals surface area contributed by atoms with Crippen LogP contribution in [0.25, 0.3) is 0 Å². The number of nitrogens with zero attached hydrogens (tertiary/aromatic N) is 4. The minimum Gasteiger partial charge on any atom is -0.426 e. The number of ether oxygens (including phenoxy) is 1. The van der Waals surface area contributed by atoms with Crippen LogP contribution in [0.3, 0.4) is 0 Å². The number of hydrogen-bond acceptors (Lipinski definition) is 8. The summed E-state index contributed by atoms with van der Waals surface area (Å²) >= 11 is 0. The van der Waals surface area contributed by atoms with E-state index in [-0.39, 0.29) is 23.7 Å². The monoisotopic (exact) mass is 396 g/mol. The van der Waals surface area contributed by atoms with Crippen LogP contribution in [0.2, 0.25) is 0 Å². The van der Waals surface area contributed by atoms with E-state index in [4.69, 9.17) is 4.74 Å². The molecule has 2 rings (SSSR count). The van der Waals surface area contributed by atoms with Gasteiger partial charge in [0.2, 0.25) is 15.8 Å². The average molecular weight is 396 g/mol. The van der Waals surface area contributed by atoms with Gasteiger partial charge in [-0.2, -0.15) is 4.31 Å². The van der Waals surface area contributed by atoms with Crippen molar-refractivity contribution in [3.05, 3.63) is 56.8 Å². The highest BCUT2D eigenvalue weighted by Gasteiger charge is 2.28. The zero-order chi connectivity index (χ0) is 20.2. The predicted molar refractivity (Wildman–Crippen MR) is 94.2 cm³/mol. The molecule has 1 heterocycles. The maximum absolute atomic E-state index is 12.5. The first-order valence-electron chi connectivity index (χ1n) is 7.78. The maximum Gasteiger partial charge on any atom is 0.331 e. The second-order valence-electron chi connectivity index (χ2n) is 5.16. The van der Waals surface area contributed by atoms with Crippen molar-refractivity contribution in [2.75, 3.05) is 13.1 Å². The van der Waals surface area contributed by atoms with Crippen LogP contribution in [0.4, 0.5) is 11.4 Å². The predicted octanol–water partition coefficient (Wildman–Crippen LogP) is 2.72. The minimum atomic E-state index is -3.92. The zero-order valence-electron chi connectivity index (χ0n) is 14.4. The summed E-state index contributed by atoms with van der Waals surface area (Å²) in [6.45, 7) is 3.69. The molecule has 0 aliphatic heterocycles. The first kappa shape index (κ1) is 20.2. The summed E-state index contributed by atoms with van der Waals surface area (Å²) in [6.07, 6.45) is 1.23. The lowest BCUT2D eigenvalue weighted by molar-refractivity contribution is -0.387. The Morgan fingerprint density at radius 2 is 1.70 bits per heavy atom. The van der Waals surface area contributed by atoms with Crippen LogP contribution >= 0.6 is 0 Å². The minimum absolute atomic E-state index is 0.199. The number of nitro benzene ring substituents is 1. The van der Waals surface area contributed by atoms with Crippen molar-refractivity contribution in [1.82, 2.24) is 9.29 Å². The highest BCUT2D eigenvalue weighted by Crippen LogP contribution is 2.36. The van der Waals surface area contributed by atoms with Gasteiger partial charge in [-0.05, 0) is 18.2 Å². The van der Waals surface area contributed by atoms with E-state index in [2.05, 4.69) is 4.98 Å². The number of aromatic nitrogens is 1. The SMILES string of the molecule is CCN(CC)S(=O)(=O)c1ccc(Oc2ncccc2[N+](=O)[O-])c([N+](=O)[O-])c1. The van der Waals surface area contributed by atoms with Crippen LogP contribution in [0, 0.1) is 20.2 Å². The summed E-state index contributed by atoms with van der Waals surface area (Å²) in [5, 5.41) is 22.4. The number of hydrogen-bond donors (Lipinski definition) is 0. The first-order chi connectivity index (χ1) is 12.7. The largest absolute Gasteiger partial charge is 0.426 e. The van der Waals surface area contributed by atoms with E-state index in [1.165, 1.54) is 12.3 Å². The van der Waals surface area contributed by atoms with Gasteiger partial charge in [-0.25, -0.2) is 13.4 Å². The standard InChI is InChI=1S/C15H16N4O7S/c1-3-17(4-2)27(24,25)11-7-8-14(13(10-11)19(22)23)26-15-12(18(20)21)6-5-9-16-15/h5-10H,3-4H2,1-2H3. The third-order valence-corrected chi connectivity index (χ3v) is 5.67. The van der Waals surface area contributed by atoms with E-state index in [1.54, 1.807) is 13.8 Å². The molecular formula is C15H16N4O7S. The summed E-state index contributed by atoms with van der Waals surface area (Å²) < 4.78 is 31.5. The second kappa shape index (κ2) is 8.05. The molecule has 0 fully saturated rings. The number of rotatable bonds is 8. The van der Waals surface area contributed by atoms with Gasteiger partial charge in [0.15, 0.2) is 0 Å². The maximum atomic E-state index is 12.5. The van der Waals surface area contributed by atoms with Crippen LogP contribution in [0.5, 0.6) is 11.6 Å². The summed E-state index contributed by atoms with van der Waals surface area (Å²) in [4.78, 5) is 24.3. The molecule has 0 saturated carbocycles. The molecule has 0 spiro atoms. The summed E-state index contributed by atoms with van der Waals surface area (Å²) in [5.74, 6) is -0.801. The van der Waals surface area contributed by atoms with Crippen LogP contribution < -0.4 is 4.74 Å². The van der Waals surface area contributed by atoms with Crippen molar-refractivity contribution < 1.29 is 23.0 Å². The molecule has 11 nitrogen and oxygen atoms in total. The summed E-state index contributed by atoms with van der Waals surface area (Å²) in [7, 11) is -3.92. The van der Waals surface area contributed by atoms with E-state index in [9.17, 15) is 28.6 Å². The number of benzene rings is 1. The van der Waals surface area contributed by atoms with Gasteiger partial charge in [-0.3, -0.25) is 20.2 Å². The quantitative estimate of drug-likeness (QED) is 0.489. The van der Waals surface area contributed by atoms with Crippen molar-refractivity contribution in [3.63, 3.8) is 0 Å². The van der Waals surface area contributed by atoms with Gasteiger partial charge in [0, 0.05) is 31.4 Å². The molecule has 1 aromatic heterocycles. The zero-order valence-corrected chi connectivity index (χ0v) is 15.2. The number of pyridine rings is 1. The van der Waals surface area contributed by atoms with Gasteiger partial charge in [0.05, 0.1) is 14.7 Å². The molecule has 0 saturated heterocycles. The Kier molecular flexibility index (Phi) is 6.02. The van der Waals surface area contributed by atoms with Gasteiger partial charge in [0.1, 0.15) is 0 Å². The Morgan fingerprint density at radius 3 is 2.26 bits per heavy atom. The van der Waals surface area contributed by atoms with Crippen LogP contribution in [-0.2, 0) is 10.0 Å². The van der Waals surface area contributed by atoms with Gasteiger partial charge in [0.25, 0.3) is 5.88 Å². The van der Waals surface area contributed by atoms with Crippen LogP contribution in [0.15, 0.2) is 41.4 Å². The molecule has 0 aliphatic rings. The van der Waals surface area contributed by atoms with Crippen LogP contribution in [0.1, 0.15) is 13.8 Å². The molecule has 1 aromatic carbocycles. The average Bonchev–Trinajstić information content (AvgIpc) is 2.62. The molecule has 12 heteroatoms. The lowest BCUT2D eigenvalue weighted by Crippen LogP contribution is -2.30. The summed E-state index contributed by atoms with van der Waals surface area (Å²) in [5.41, 5.74) is -1.13. The molecular weight excluding hydrogens is 380 g/mol. The fourth-order valence-corrected chi connectivity index (χ4v) is 3.78. The van der Waals surface area contributed by atoms with E-state index >= 15 is 0 Å². The highest BCUT2D eigenvalue weighted by atomic mass is 32.2. The molecule has 0 atom stereocenters. The normalized spacial score (nSPS) is 11.4. The molecule has 0 bridgehead atoms.